The molecule has 0 saturated heterocycles. The third kappa shape index (κ3) is 6.57. The highest BCUT2D eigenvalue weighted by Crippen LogP contribution is 2.51. The molecule has 10 aromatic rings. The summed E-state index contributed by atoms with van der Waals surface area (Å²) in [6.45, 7) is 11.0. The van der Waals surface area contributed by atoms with E-state index in [0.29, 0.717) is 11.4 Å². The molecule has 0 spiro atoms. The molecule has 8 aromatic carbocycles. The van der Waals surface area contributed by atoms with E-state index in [1.54, 1.807) is 18.2 Å². The first-order chi connectivity index (χ1) is 35.4. The lowest BCUT2D eigenvalue weighted by molar-refractivity contribution is 0.641. The summed E-state index contributed by atoms with van der Waals surface area (Å²) in [4.78, 5) is 8.94. The molecule has 3 heterocycles. The number of fused-ring (bicyclic) bond motifs is 4. The molecule has 0 bridgehead atoms. The molecule has 0 N–H and O–H groups in total. The zero-order valence-corrected chi connectivity index (χ0v) is 36.3. The van der Waals surface area contributed by atoms with Crippen LogP contribution < -0.4 is 9.80 Å². The van der Waals surface area contributed by atoms with Gasteiger partial charge in [-0.1, -0.05) is 165 Å². The summed E-state index contributed by atoms with van der Waals surface area (Å²) >= 11 is 0. The fourth-order valence-corrected chi connectivity index (χ4v) is 9.80. The van der Waals surface area contributed by atoms with Crippen molar-refractivity contribution >= 4 is 44.6 Å². The van der Waals surface area contributed by atoms with Gasteiger partial charge in [-0.05, 0) is 114 Å². The van der Waals surface area contributed by atoms with Gasteiger partial charge in [0.25, 0.3) is 0 Å². The van der Waals surface area contributed by atoms with Gasteiger partial charge in [0.15, 0.2) is 0 Å². The maximum atomic E-state index is 9.18. The van der Waals surface area contributed by atoms with Gasteiger partial charge in [-0.15, -0.1) is 0 Å². The summed E-state index contributed by atoms with van der Waals surface area (Å²) in [7, 11) is 0. The van der Waals surface area contributed by atoms with Crippen LogP contribution in [0.4, 0.5) is 22.7 Å². The van der Waals surface area contributed by atoms with Gasteiger partial charge < -0.3 is 9.80 Å². The number of aryl methyl sites for hydroxylation is 3. The Morgan fingerprint density at radius 2 is 1.16 bits per heavy atom. The quantitative estimate of drug-likeness (QED) is 0.152. The maximum Gasteiger partial charge on any atom is 0.137 e. The number of hydrogen-bond donors (Lipinski definition) is 0. The molecule has 0 radical (unpaired) electrons. The van der Waals surface area contributed by atoms with Crippen molar-refractivity contribution in [3.63, 3.8) is 0 Å². The number of benzene rings is 8. The third-order valence-electron chi connectivity index (χ3n) is 12.8. The van der Waals surface area contributed by atoms with Crippen LogP contribution in [0, 0.1) is 20.8 Å². The van der Waals surface area contributed by atoms with Gasteiger partial charge in [-0.2, -0.15) is 0 Å². The van der Waals surface area contributed by atoms with Crippen LogP contribution in [0.5, 0.6) is 0 Å². The summed E-state index contributed by atoms with van der Waals surface area (Å²) < 4.78 is 90.7. The Labute approximate surface area is 390 Å². The molecular weight excluding hydrogens is 777 g/mol. The number of rotatable bonds is 8. The van der Waals surface area contributed by atoms with E-state index in [4.69, 9.17) is 13.2 Å². The molecule has 1 aliphatic rings. The normalized spacial score (nSPS) is 14.8. The molecule has 2 aromatic heterocycles. The first kappa shape index (κ1) is 29.6. The lowest BCUT2D eigenvalue weighted by Gasteiger charge is -2.31. The molecule has 64 heavy (non-hydrogen) atoms. The van der Waals surface area contributed by atoms with Crippen molar-refractivity contribution in [1.82, 2.24) is 9.55 Å². The average Bonchev–Trinajstić information content (AvgIpc) is 3.95. The van der Waals surface area contributed by atoms with Crippen LogP contribution in [0.3, 0.4) is 0 Å². The summed E-state index contributed by atoms with van der Waals surface area (Å²) in [6, 6.07) is 40.1. The summed E-state index contributed by atoms with van der Waals surface area (Å²) in [5.41, 5.74) is 12.2. The number of para-hydroxylation sites is 4. The van der Waals surface area contributed by atoms with E-state index in [-0.39, 0.29) is 28.9 Å². The van der Waals surface area contributed by atoms with Crippen LogP contribution in [0.1, 0.15) is 55.4 Å². The Morgan fingerprint density at radius 1 is 0.531 bits per heavy atom. The van der Waals surface area contributed by atoms with Crippen LogP contribution in [0.15, 0.2) is 200 Å². The lowest BCUT2D eigenvalue weighted by Crippen LogP contribution is -2.26. The second-order valence-electron chi connectivity index (χ2n) is 17.1. The highest BCUT2D eigenvalue weighted by Gasteiger charge is 2.33. The second kappa shape index (κ2) is 15.6. The van der Waals surface area contributed by atoms with Gasteiger partial charge in [0.05, 0.1) is 41.8 Å². The standard InChI is InChI=1S/C60H50N4/c1-40-33-41(2)58(42(3)34-40)45-35-47(60(4,5)46-30-31-52-51-23-12-13-26-53(51)64(56(52)38-46)57-29-16-17-32-61-57)37-48(36-45)62-39-63(55-28-15-14-27-54(55)62)59-49(43-19-8-6-9-20-43)24-18-25-50(59)44-21-10-7-11-22-44/h6-38H,39H2,1-5H3/i6D,7D,8D,9D,10D,11D,19D,20D,21D,22D. The van der Waals surface area contributed by atoms with Crippen molar-refractivity contribution < 1.29 is 13.7 Å². The van der Waals surface area contributed by atoms with Gasteiger partial charge in [-0.25, -0.2) is 4.98 Å². The number of nitrogens with zero attached hydrogens (tertiary/aromatic N) is 4. The Balaban J connectivity index is 1.15. The summed E-state index contributed by atoms with van der Waals surface area (Å²) in [6.07, 6.45) is 1.81. The van der Waals surface area contributed by atoms with E-state index in [1.165, 1.54) is 0 Å². The average molecular weight is 837 g/mol. The molecule has 0 amide bonds. The van der Waals surface area contributed by atoms with Crippen LogP contribution in [0.25, 0.3) is 61.0 Å². The monoisotopic (exact) mass is 836 g/mol. The maximum absolute atomic E-state index is 9.18. The molecule has 11 rings (SSSR count). The predicted molar refractivity (Wildman–Crippen MR) is 270 cm³/mol. The van der Waals surface area contributed by atoms with Crippen molar-refractivity contribution in [2.24, 2.45) is 0 Å². The minimum atomic E-state index is -0.586. The SMILES string of the molecule is [2H]c1c([2H])c([2H])c(-c2cccc(-c3c([2H])c([2H])c([2H])c([2H])c3[2H])c2N2CN(c3cc(-c4c(C)cc(C)cc4C)cc(C(C)(C)c4ccc5c6ccccc6n(-c6ccccn6)c5c4)c3)c3ccccc32)c([2H])c1[2H]. The highest BCUT2D eigenvalue weighted by atomic mass is 15.4. The molecule has 310 valence electrons. The van der Waals surface area contributed by atoms with E-state index in [1.807, 2.05) is 53.6 Å². The van der Waals surface area contributed by atoms with E-state index in [9.17, 15) is 5.48 Å². The van der Waals surface area contributed by atoms with Crippen LogP contribution in [0.2, 0.25) is 0 Å². The summed E-state index contributed by atoms with van der Waals surface area (Å²) in [5.74, 6) is 0.823. The van der Waals surface area contributed by atoms with E-state index >= 15 is 0 Å². The van der Waals surface area contributed by atoms with Crippen LogP contribution in [-0.2, 0) is 5.41 Å². The van der Waals surface area contributed by atoms with Gasteiger partial charge in [0, 0.05) is 39.2 Å². The van der Waals surface area contributed by atoms with Crippen molar-refractivity contribution in [3.8, 4) is 39.2 Å². The van der Waals surface area contributed by atoms with E-state index in [0.717, 1.165) is 77.9 Å². The zero-order chi connectivity index (χ0) is 52.2. The first-order valence-electron chi connectivity index (χ1n) is 26.5. The van der Waals surface area contributed by atoms with Crippen LogP contribution in [-0.4, -0.2) is 16.2 Å². The van der Waals surface area contributed by atoms with Crippen molar-refractivity contribution in [3.05, 3.63) is 228 Å². The van der Waals surface area contributed by atoms with Crippen molar-refractivity contribution in [2.45, 2.75) is 40.0 Å². The number of pyridine rings is 1. The van der Waals surface area contributed by atoms with Crippen LogP contribution >= 0.6 is 0 Å². The largest absolute Gasteiger partial charge is 0.321 e. The minimum absolute atomic E-state index is 0.0773. The molecule has 4 nitrogen and oxygen atoms in total. The predicted octanol–water partition coefficient (Wildman–Crippen LogP) is 15.7. The van der Waals surface area contributed by atoms with Gasteiger partial charge in [-0.3, -0.25) is 4.57 Å². The first-order valence-corrected chi connectivity index (χ1v) is 21.5. The topological polar surface area (TPSA) is 24.3 Å². The van der Waals surface area contributed by atoms with E-state index in [2.05, 4.69) is 117 Å². The Morgan fingerprint density at radius 3 is 1.83 bits per heavy atom. The molecule has 0 unspecified atom stereocenters. The molecule has 0 atom stereocenters. The molecule has 0 saturated carbocycles. The highest BCUT2D eigenvalue weighted by molar-refractivity contribution is 6.09. The summed E-state index contributed by atoms with van der Waals surface area (Å²) in [5, 5.41) is 2.25. The second-order valence-corrected chi connectivity index (χ2v) is 17.1. The molecular formula is C60H50N4. The molecule has 4 heteroatoms. The zero-order valence-electron chi connectivity index (χ0n) is 46.3. The molecule has 0 fully saturated rings. The molecule has 0 aliphatic carbocycles. The smallest absolute Gasteiger partial charge is 0.137 e. The Bertz CT molecular complexity index is 3810. The van der Waals surface area contributed by atoms with Gasteiger partial charge >= 0.3 is 0 Å². The van der Waals surface area contributed by atoms with Crippen molar-refractivity contribution in [2.75, 3.05) is 16.5 Å². The Kier molecular flexibility index (Phi) is 7.20. The third-order valence-corrected chi connectivity index (χ3v) is 12.8. The number of anilines is 4. The minimum Gasteiger partial charge on any atom is -0.321 e. The number of hydrogen-bond acceptors (Lipinski definition) is 3. The van der Waals surface area contributed by atoms with Gasteiger partial charge in [0.1, 0.15) is 12.5 Å². The van der Waals surface area contributed by atoms with E-state index < -0.39 is 65.8 Å². The van der Waals surface area contributed by atoms with Crippen molar-refractivity contribution in [1.29, 1.82) is 0 Å². The Hall–Kier alpha value is -7.69. The lowest BCUT2D eigenvalue weighted by atomic mass is 9.76. The number of aromatic nitrogens is 2. The molecule has 1 aliphatic heterocycles. The fraction of sp³-hybridized carbons (Fsp3) is 0.117. The fourth-order valence-electron chi connectivity index (χ4n) is 9.80. The van der Waals surface area contributed by atoms with Gasteiger partial charge in [0.2, 0.25) is 0 Å².